The first-order valence-corrected chi connectivity index (χ1v) is 4.43. The summed E-state index contributed by atoms with van der Waals surface area (Å²) in [7, 11) is 0. The number of nitrogens with zero attached hydrogens (tertiary/aromatic N) is 6. The molecule has 0 bridgehead atoms. The summed E-state index contributed by atoms with van der Waals surface area (Å²) in [4.78, 5) is 0. The number of anilines is 2. The van der Waals surface area contributed by atoms with Gasteiger partial charge in [0.1, 0.15) is 0 Å². The number of hydrogen-bond donors (Lipinski definition) is 4. The molecule has 0 aliphatic carbocycles. The van der Waals surface area contributed by atoms with Crippen LogP contribution in [0, 0.1) is 0 Å². The number of nitrogen functional groups attached to an aromatic ring is 2. The van der Waals surface area contributed by atoms with Gasteiger partial charge in [0, 0.05) is 0 Å². The second-order valence-electron chi connectivity index (χ2n) is 2.97. The van der Waals surface area contributed by atoms with Crippen molar-refractivity contribution in [2.75, 3.05) is 11.5 Å². The zero-order valence-electron chi connectivity index (χ0n) is 8.81. The molecule has 0 aliphatic heterocycles. The molecule has 0 saturated carbocycles. The van der Waals surface area contributed by atoms with Crippen molar-refractivity contribution in [2.45, 2.75) is 0 Å². The Bertz CT molecular complexity index is 555. The lowest BCUT2D eigenvalue weighted by Crippen LogP contribution is -2.18. The van der Waals surface area contributed by atoms with E-state index in [0.717, 1.165) is 0 Å². The van der Waals surface area contributed by atoms with Crippen molar-refractivity contribution in [1.82, 2.24) is 20.6 Å². The smallest absolute Gasteiger partial charge is 0.199 e. The largest absolute Gasteiger partial charge is 0.380 e. The third kappa shape index (κ3) is 2.01. The van der Waals surface area contributed by atoms with E-state index in [1.54, 1.807) is 0 Å². The normalized spacial score (nSPS) is 12.9. The molecular formula is C6H8N10O2. The minimum atomic E-state index is -0.133. The van der Waals surface area contributed by atoms with Crippen LogP contribution in [0.2, 0.25) is 0 Å². The molecule has 0 spiro atoms. The Morgan fingerprint density at radius 2 is 1.17 bits per heavy atom. The standard InChI is InChI=1S/C6H8N10O2/c7-3(1-5(9)15-17-13-1)11-12-4(8)2-6(10)16-18-14-2/h(H2,7,11)(H2,8,12)(H2,9,15)(H2,10,16). The molecule has 2 rings (SSSR count). The summed E-state index contributed by atoms with van der Waals surface area (Å²) in [5, 5.41) is 20.6. The fourth-order valence-electron chi connectivity index (χ4n) is 0.949. The van der Waals surface area contributed by atoms with Gasteiger partial charge in [-0.2, -0.15) is 0 Å². The van der Waals surface area contributed by atoms with E-state index in [1.807, 2.05) is 0 Å². The van der Waals surface area contributed by atoms with E-state index in [2.05, 4.69) is 40.1 Å². The Morgan fingerprint density at radius 3 is 1.44 bits per heavy atom. The van der Waals surface area contributed by atoms with Crippen molar-refractivity contribution in [3.8, 4) is 0 Å². The maximum atomic E-state index is 5.53. The van der Waals surface area contributed by atoms with Crippen LogP contribution >= 0.6 is 0 Å². The first kappa shape index (κ1) is 11.3. The van der Waals surface area contributed by atoms with Gasteiger partial charge in [-0.05, 0) is 20.6 Å². The van der Waals surface area contributed by atoms with Crippen LogP contribution in [0.5, 0.6) is 0 Å². The predicted molar refractivity (Wildman–Crippen MR) is 58.9 cm³/mol. The summed E-state index contributed by atoms with van der Waals surface area (Å²) in [5.74, 6) is -0.307. The monoisotopic (exact) mass is 252 g/mol. The molecule has 94 valence electrons. The molecule has 12 nitrogen and oxygen atoms in total. The van der Waals surface area contributed by atoms with Gasteiger partial charge in [-0.1, -0.05) is 0 Å². The van der Waals surface area contributed by atoms with E-state index in [0.29, 0.717) is 0 Å². The van der Waals surface area contributed by atoms with E-state index in [-0.39, 0.29) is 34.7 Å². The van der Waals surface area contributed by atoms with Gasteiger partial charge < -0.3 is 22.9 Å². The van der Waals surface area contributed by atoms with Crippen LogP contribution < -0.4 is 22.9 Å². The molecule has 18 heavy (non-hydrogen) atoms. The minimum absolute atomic E-state index is 0.0207. The van der Waals surface area contributed by atoms with Gasteiger partial charge in [-0.25, -0.2) is 9.26 Å². The maximum Gasteiger partial charge on any atom is 0.199 e. The zero-order valence-corrected chi connectivity index (χ0v) is 8.81. The van der Waals surface area contributed by atoms with Gasteiger partial charge in [-0.15, -0.1) is 10.2 Å². The lowest BCUT2D eigenvalue weighted by molar-refractivity contribution is 0.308. The van der Waals surface area contributed by atoms with E-state index in [4.69, 9.17) is 22.9 Å². The van der Waals surface area contributed by atoms with E-state index in [9.17, 15) is 0 Å². The lowest BCUT2D eigenvalue weighted by Gasteiger charge is -1.93. The van der Waals surface area contributed by atoms with Crippen LogP contribution in [0.15, 0.2) is 19.5 Å². The lowest BCUT2D eigenvalue weighted by atomic mass is 10.4. The average molecular weight is 252 g/mol. The van der Waals surface area contributed by atoms with Crippen LogP contribution in [-0.4, -0.2) is 32.3 Å². The first-order valence-electron chi connectivity index (χ1n) is 4.43. The van der Waals surface area contributed by atoms with E-state index in [1.165, 1.54) is 0 Å². The van der Waals surface area contributed by atoms with Gasteiger partial charge >= 0.3 is 0 Å². The number of aromatic nitrogens is 4. The van der Waals surface area contributed by atoms with Crippen LogP contribution in [0.1, 0.15) is 11.4 Å². The summed E-state index contributed by atoms with van der Waals surface area (Å²) in [5.41, 5.74) is 22.0. The molecule has 12 heteroatoms. The molecule has 0 unspecified atom stereocenters. The van der Waals surface area contributed by atoms with Crippen molar-refractivity contribution < 1.29 is 9.26 Å². The number of rotatable bonds is 3. The Hall–Kier alpha value is -3.18. The van der Waals surface area contributed by atoms with Crippen molar-refractivity contribution in [1.29, 1.82) is 0 Å². The average Bonchev–Trinajstić information content (AvgIpc) is 2.94. The molecule has 0 radical (unpaired) electrons. The molecule has 8 N–H and O–H groups in total. The summed E-state index contributed by atoms with van der Waals surface area (Å²) in [6.45, 7) is 0. The Kier molecular flexibility index (Phi) is 2.74. The molecule has 0 saturated heterocycles. The second kappa shape index (κ2) is 4.36. The number of nitrogens with two attached hydrogens (primary N) is 4. The van der Waals surface area contributed by atoms with Crippen molar-refractivity contribution in [3.05, 3.63) is 11.4 Å². The third-order valence-electron chi connectivity index (χ3n) is 1.78. The number of hydrogen-bond acceptors (Lipinski definition) is 10. The Labute approximate surface area is 98.6 Å². The Morgan fingerprint density at radius 1 is 0.778 bits per heavy atom. The highest BCUT2D eigenvalue weighted by Gasteiger charge is 2.12. The first-order chi connectivity index (χ1) is 8.59. The summed E-state index contributed by atoms with van der Waals surface area (Å²) in [6, 6.07) is 0. The molecule has 0 aromatic carbocycles. The van der Waals surface area contributed by atoms with Gasteiger partial charge in [0.05, 0.1) is 0 Å². The maximum absolute atomic E-state index is 5.53. The summed E-state index contributed by atoms with van der Waals surface area (Å²) < 4.78 is 8.68. The van der Waals surface area contributed by atoms with E-state index < -0.39 is 0 Å². The fraction of sp³-hybridized carbons (Fsp3) is 0. The molecule has 2 aromatic heterocycles. The highest BCUT2D eigenvalue weighted by atomic mass is 16.6. The molecule has 2 heterocycles. The van der Waals surface area contributed by atoms with Crippen molar-refractivity contribution >= 4 is 23.3 Å². The van der Waals surface area contributed by atoms with Crippen LogP contribution in [0.3, 0.4) is 0 Å². The minimum Gasteiger partial charge on any atom is -0.380 e. The number of amidine groups is 2. The zero-order chi connectivity index (χ0) is 13.1. The SMILES string of the molecule is N/C(=N\N=C(\N)c1nonc1N)c1nonc1N. The van der Waals surface area contributed by atoms with Crippen molar-refractivity contribution in [2.24, 2.45) is 21.7 Å². The summed E-state index contributed by atoms with van der Waals surface area (Å²) >= 11 is 0. The second-order valence-corrected chi connectivity index (χ2v) is 2.97. The van der Waals surface area contributed by atoms with Gasteiger partial charge in [0.25, 0.3) is 0 Å². The highest BCUT2D eigenvalue weighted by Crippen LogP contribution is 2.05. The predicted octanol–water partition coefficient (Wildman–Crippen LogP) is -2.36. The topological polar surface area (TPSA) is 207 Å². The fourth-order valence-corrected chi connectivity index (χ4v) is 0.949. The quantitative estimate of drug-likeness (QED) is 0.259. The Balaban J connectivity index is 2.25. The molecule has 0 atom stereocenters. The molecule has 0 aliphatic rings. The molecule has 0 fully saturated rings. The van der Waals surface area contributed by atoms with Gasteiger partial charge in [-0.3, -0.25) is 0 Å². The molecule has 0 amide bonds. The summed E-state index contributed by atoms with van der Waals surface area (Å²) in [6.07, 6.45) is 0. The van der Waals surface area contributed by atoms with Crippen LogP contribution in [-0.2, 0) is 0 Å². The van der Waals surface area contributed by atoms with Crippen LogP contribution in [0.4, 0.5) is 11.6 Å². The third-order valence-corrected chi connectivity index (χ3v) is 1.78. The van der Waals surface area contributed by atoms with Gasteiger partial charge in [0.2, 0.25) is 0 Å². The molecular weight excluding hydrogens is 244 g/mol. The highest BCUT2D eigenvalue weighted by molar-refractivity contribution is 6.02. The van der Waals surface area contributed by atoms with Crippen LogP contribution in [0.25, 0.3) is 0 Å². The van der Waals surface area contributed by atoms with E-state index >= 15 is 0 Å². The van der Waals surface area contributed by atoms with Gasteiger partial charge in [0.15, 0.2) is 34.7 Å². The van der Waals surface area contributed by atoms with Crippen molar-refractivity contribution in [3.63, 3.8) is 0 Å². The molecule has 2 aromatic rings.